The van der Waals surface area contributed by atoms with E-state index in [1.165, 1.54) is 0 Å². The molecular weight excluding hydrogens is 131 g/mol. The van der Waals surface area contributed by atoms with Crippen LogP contribution in [0.25, 0.3) is 0 Å². The summed E-state index contributed by atoms with van der Waals surface area (Å²) in [6.45, 7) is 0. The van der Waals surface area contributed by atoms with Crippen molar-refractivity contribution >= 4 is 0 Å². The normalized spacial score (nSPS) is 17.2. The van der Waals surface area contributed by atoms with E-state index in [1.54, 1.807) is 0 Å². The molecule has 0 atom stereocenters. The molecule has 1 aliphatic rings. The molecule has 1 nitrogen and oxygen atoms in total. The summed E-state index contributed by atoms with van der Waals surface area (Å²) in [5, 5.41) is 2.02. The van der Waals surface area contributed by atoms with Crippen molar-refractivity contribution in [2.24, 2.45) is 0 Å². The lowest BCUT2D eigenvalue weighted by molar-refractivity contribution is 0.358. The Morgan fingerprint density at radius 1 is 1.22 bits per heavy atom. The molecule has 4 heteroatoms. The molecule has 0 aromatic heterocycles. The van der Waals surface area contributed by atoms with Gasteiger partial charge in [-0.1, -0.05) is 0 Å². The molecule has 0 saturated heterocycles. The van der Waals surface area contributed by atoms with E-state index in [2.05, 4.69) is 0 Å². The van der Waals surface area contributed by atoms with Crippen LogP contribution >= 0.6 is 0 Å². The standard InChI is InChI=1S/C5H6F3N/c6-4(7)5(8)9-3-1-2-3/h3,9H,1-2H2. The molecule has 0 aliphatic heterocycles. The van der Waals surface area contributed by atoms with Gasteiger partial charge in [-0.15, -0.1) is 0 Å². The fraction of sp³-hybridized carbons (Fsp3) is 0.600. The SMILES string of the molecule is FC(F)=C(F)NC1CC1. The third-order valence-corrected chi connectivity index (χ3v) is 1.07. The van der Waals surface area contributed by atoms with E-state index < -0.39 is 12.0 Å². The highest BCUT2D eigenvalue weighted by atomic mass is 19.3. The molecule has 9 heavy (non-hydrogen) atoms. The van der Waals surface area contributed by atoms with Gasteiger partial charge in [0.25, 0.3) is 5.95 Å². The van der Waals surface area contributed by atoms with E-state index in [4.69, 9.17) is 0 Å². The number of nitrogens with one attached hydrogen (secondary N) is 1. The topological polar surface area (TPSA) is 12.0 Å². The molecular formula is C5H6F3N. The second kappa shape index (κ2) is 2.29. The van der Waals surface area contributed by atoms with Crippen molar-refractivity contribution in [3.05, 3.63) is 12.0 Å². The van der Waals surface area contributed by atoms with Gasteiger partial charge in [0.2, 0.25) is 0 Å². The smallest absolute Gasteiger partial charge is 0.322 e. The van der Waals surface area contributed by atoms with Gasteiger partial charge in [-0.2, -0.15) is 13.2 Å². The third kappa shape index (κ3) is 1.95. The highest BCUT2D eigenvalue weighted by molar-refractivity contribution is 4.95. The molecule has 1 fully saturated rings. The quantitative estimate of drug-likeness (QED) is 0.572. The van der Waals surface area contributed by atoms with Gasteiger partial charge in [0.1, 0.15) is 0 Å². The van der Waals surface area contributed by atoms with Crippen molar-refractivity contribution in [2.45, 2.75) is 18.9 Å². The van der Waals surface area contributed by atoms with E-state index >= 15 is 0 Å². The Kier molecular flexibility index (Phi) is 1.64. The molecule has 0 radical (unpaired) electrons. The van der Waals surface area contributed by atoms with Gasteiger partial charge in [-0.05, 0) is 12.8 Å². The summed E-state index contributed by atoms with van der Waals surface area (Å²) in [4.78, 5) is 0. The Morgan fingerprint density at radius 2 is 1.78 bits per heavy atom. The monoisotopic (exact) mass is 137 g/mol. The molecule has 52 valence electrons. The van der Waals surface area contributed by atoms with Gasteiger partial charge in [-0.3, -0.25) is 0 Å². The Hall–Kier alpha value is -0.670. The molecule has 0 bridgehead atoms. The first-order valence-electron chi connectivity index (χ1n) is 2.67. The Balaban J connectivity index is 2.32. The van der Waals surface area contributed by atoms with Crippen molar-refractivity contribution in [2.75, 3.05) is 0 Å². The van der Waals surface area contributed by atoms with Crippen molar-refractivity contribution in [3.8, 4) is 0 Å². The van der Waals surface area contributed by atoms with Crippen LogP contribution in [0.5, 0.6) is 0 Å². The maximum atomic E-state index is 11.8. The maximum absolute atomic E-state index is 11.8. The van der Waals surface area contributed by atoms with Crippen LogP contribution in [-0.4, -0.2) is 6.04 Å². The van der Waals surface area contributed by atoms with Gasteiger partial charge in [0.15, 0.2) is 0 Å². The summed E-state index contributed by atoms with van der Waals surface area (Å²) in [5.74, 6) is -1.47. The molecule has 0 amide bonds. The van der Waals surface area contributed by atoms with Crippen LogP contribution in [0.1, 0.15) is 12.8 Å². The number of rotatable bonds is 2. The second-order valence-corrected chi connectivity index (χ2v) is 1.99. The number of halogens is 3. The second-order valence-electron chi connectivity index (χ2n) is 1.99. The van der Waals surface area contributed by atoms with E-state index in [-0.39, 0.29) is 6.04 Å². The first kappa shape index (κ1) is 6.45. The molecule has 1 saturated carbocycles. The fourth-order valence-corrected chi connectivity index (χ4v) is 0.461. The minimum Gasteiger partial charge on any atom is -0.355 e. The Bertz CT molecular complexity index is 135. The molecule has 0 aromatic rings. The summed E-state index contributed by atoms with van der Waals surface area (Å²) < 4.78 is 34.4. The predicted molar refractivity (Wildman–Crippen MR) is 26.5 cm³/mol. The molecule has 1 rings (SSSR count). The van der Waals surface area contributed by atoms with Crippen LogP contribution in [0.15, 0.2) is 12.0 Å². The van der Waals surface area contributed by atoms with Crippen LogP contribution in [0.3, 0.4) is 0 Å². The van der Waals surface area contributed by atoms with Crippen LogP contribution in [0.4, 0.5) is 13.2 Å². The molecule has 0 spiro atoms. The zero-order chi connectivity index (χ0) is 6.85. The average molecular weight is 137 g/mol. The molecule has 0 aromatic carbocycles. The highest BCUT2D eigenvalue weighted by Crippen LogP contribution is 2.21. The lowest BCUT2D eigenvalue weighted by atomic mass is 10.7. The highest BCUT2D eigenvalue weighted by Gasteiger charge is 2.23. The first-order chi connectivity index (χ1) is 4.20. The lowest BCUT2D eigenvalue weighted by Gasteiger charge is -1.95. The van der Waals surface area contributed by atoms with E-state index in [0.717, 1.165) is 12.8 Å². The van der Waals surface area contributed by atoms with Gasteiger partial charge in [0, 0.05) is 6.04 Å². The minimum absolute atomic E-state index is 0.0495. The molecule has 1 aliphatic carbocycles. The van der Waals surface area contributed by atoms with Gasteiger partial charge >= 0.3 is 6.08 Å². The number of hydrogen-bond acceptors (Lipinski definition) is 1. The van der Waals surface area contributed by atoms with Crippen LogP contribution < -0.4 is 5.32 Å². The Morgan fingerprint density at radius 3 is 2.11 bits per heavy atom. The average Bonchev–Trinajstić information content (AvgIpc) is 2.50. The van der Waals surface area contributed by atoms with Crippen LogP contribution in [-0.2, 0) is 0 Å². The van der Waals surface area contributed by atoms with Crippen molar-refractivity contribution in [1.82, 2.24) is 5.32 Å². The summed E-state index contributed by atoms with van der Waals surface area (Å²) in [7, 11) is 0. The van der Waals surface area contributed by atoms with Gasteiger partial charge < -0.3 is 5.32 Å². The van der Waals surface area contributed by atoms with Crippen molar-refractivity contribution in [3.63, 3.8) is 0 Å². The predicted octanol–water partition coefficient (Wildman–Crippen LogP) is 1.77. The van der Waals surface area contributed by atoms with Gasteiger partial charge in [0.05, 0.1) is 0 Å². The first-order valence-corrected chi connectivity index (χ1v) is 2.67. The Labute approximate surface area is 50.6 Å². The molecule has 0 unspecified atom stereocenters. The largest absolute Gasteiger partial charge is 0.355 e. The van der Waals surface area contributed by atoms with Gasteiger partial charge in [-0.25, -0.2) is 0 Å². The molecule has 0 heterocycles. The summed E-state index contributed by atoms with van der Waals surface area (Å²) in [6.07, 6.45) is -0.677. The van der Waals surface area contributed by atoms with Crippen molar-refractivity contribution < 1.29 is 13.2 Å². The number of hydrogen-bond donors (Lipinski definition) is 1. The van der Waals surface area contributed by atoms with E-state index in [0.29, 0.717) is 0 Å². The zero-order valence-electron chi connectivity index (χ0n) is 4.63. The van der Waals surface area contributed by atoms with E-state index in [1.807, 2.05) is 5.32 Å². The summed E-state index contributed by atoms with van der Waals surface area (Å²) >= 11 is 0. The van der Waals surface area contributed by atoms with Crippen molar-refractivity contribution in [1.29, 1.82) is 0 Å². The third-order valence-electron chi connectivity index (χ3n) is 1.07. The summed E-state index contributed by atoms with van der Waals surface area (Å²) in [6, 6.07) is -0.0495. The van der Waals surface area contributed by atoms with Crippen LogP contribution in [0, 0.1) is 0 Å². The zero-order valence-corrected chi connectivity index (χ0v) is 4.63. The lowest BCUT2D eigenvalue weighted by Crippen LogP contribution is -2.12. The van der Waals surface area contributed by atoms with Crippen LogP contribution in [0.2, 0.25) is 0 Å². The minimum atomic E-state index is -2.26. The molecule has 1 N–H and O–H groups in total. The van der Waals surface area contributed by atoms with E-state index in [9.17, 15) is 13.2 Å². The summed E-state index contributed by atoms with van der Waals surface area (Å²) in [5.41, 5.74) is 0. The fourth-order valence-electron chi connectivity index (χ4n) is 0.461. The maximum Gasteiger partial charge on any atom is 0.322 e.